The molecule has 0 saturated heterocycles. The third-order valence-electron chi connectivity index (χ3n) is 1.16. The Balaban J connectivity index is 3.37. The fraction of sp³-hybridized carbons (Fsp3) is 0. The highest BCUT2D eigenvalue weighted by Crippen LogP contribution is 2.18. The lowest BCUT2D eigenvalue weighted by Crippen LogP contribution is -2.12. The summed E-state index contributed by atoms with van der Waals surface area (Å²) in [6, 6.07) is 4.43. The van der Waals surface area contributed by atoms with Crippen molar-refractivity contribution >= 4 is 44.2 Å². The molecular formula is C6H5ClINO2S. The van der Waals surface area contributed by atoms with E-state index >= 15 is 0 Å². The number of rotatable bonds is 1. The van der Waals surface area contributed by atoms with Crippen LogP contribution < -0.4 is 5.14 Å². The zero-order valence-electron chi connectivity index (χ0n) is 5.79. The molecule has 0 spiro atoms. The zero-order chi connectivity index (χ0) is 9.35. The van der Waals surface area contributed by atoms with Crippen LogP contribution in [0.5, 0.6) is 0 Å². The Morgan fingerprint density at radius 2 is 1.92 bits per heavy atom. The monoisotopic (exact) mass is 317 g/mol. The molecule has 0 atom stereocenters. The van der Waals surface area contributed by atoms with Crippen LogP contribution in [0.1, 0.15) is 0 Å². The van der Waals surface area contributed by atoms with Crippen molar-refractivity contribution in [1.29, 1.82) is 0 Å². The van der Waals surface area contributed by atoms with E-state index in [1.807, 2.05) is 22.6 Å². The van der Waals surface area contributed by atoms with Crippen molar-refractivity contribution in [3.63, 3.8) is 0 Å². The van der Waals surface area contributed by atoms with Crippen LogP contribution >= 0.6 is 34.2 Å². The molecule has 12 heavy (non-hydrogen) atoms. The molecular weight excluding hydrogens is 312 g/mol. The van der Waals surface area contributed by atoms with E-state index < -0.39 is 10.0 Å². The van der Waals surface area contributed by atoms with Crippen molar-refractivity contribution in [2.45, 2.75) is 4.90 Å². The van der Waals surface area contributed by atoms with Gasteiger partial charge in [-0.1, -0.05) is 11.6 Å². The van der Waals surface area contributed by atoms with Crippen LogP contribution in [0.4, 0.5) is 0 Å². The van der Waals surface area contributed by atoms with Crippen LogP contribution in [0.15, 0.2) is 23.1 Å². The van der Waals surface area contributed by atoms with E-state index in [1.165, 1.54) is 12.1 Å². The molecule has 1 rings (SSSR count). The van der Waals surface area contributed by atoms with Gasteiger partial charge in [-0.05, 0) is 40.8 Å². The molecule has 2 N–H and O–H groups in total. The molecule has 0 radical (unpaired) electrons. The average molecular weight is 318 g/mol. The molecule has 0 aliphatic heterocycles. The molecule has 66 valence electrons. The minimum Gasteiger partial charge on any atom is -0.225 e. The molecule has 0 unspecified atom stereocenters. The van der Waals surface area contributed by atoms with Crippen molar-refractivity contribution in [2.24, 2.45) is 5.14 Å². The van der Waals surface area contributed by atoms with E-state index in [1.54, 1.807) is 6.07 Å². The molecule has 6 heteroatoms. The summed E-state index contributed by atoms with van der Waals surface area (Å²) in [4.78, 5) is 0.0411. The number of hydrogen-bond acceptors (Lipinski definition) is 2. The van der Waals surface area contributed by atoms with Crippen LogP contribution in [-0.4, -0.2) is 8.42 Å². The van der Waals surface area contributed by atoms with Crippen LogP contribution in [0.2, 0.25) is 5.02 Å². The summed E-state index contributed by atoms with van der Waals surface area (Å²) >= 11 is 7.60. The number of primary sulfonamides is 1. The van der Waals surface area contributed by atoms with Gasteiger partial charge in [0.1, 0.15) is 0 Å². The molecule has 3 nitrogen and oxygen atoms in total. The average Bonchev–Trinajstić information content (AvgIpc) is 1.82. The van der Waals surface area contributed by atoms with E-state index in [2.05, 4.69) is 0 Å². The number of benzene rings is 1. The summed E-state index contributed by atoms with van der Waals surface area (Å²) in [6.07, 6.45) is 0. The molecule has 0 amide bonds. The summed E-state index contributed by atoms with van der Waals surface area (Å²) in [5.74, 6) is 0. The zero-order valence-corrected chi connectivity index (χ0v) is 9.52. The number of sulfonamides is 1. The van der Waals surface area contributed by atoms with Gasteiger partial charge in [-0.2, -0.15) is 0 Å². The van der Waals surface area contributed by atoms with E-state index in [9.17, 15) is 8.42 Å². The van der Waals surface area contributed by atoms with Gasteiger partial charge in [0.15, 0.2) is 0 Å². The first kappa shape index (κ1) is 10.2. The maximum absolute atomic E-state index is 10.9. The Bertz CT molecular complexity index is 384. The summed E-state index contributed by atoms with van der Waals surface area (Å²) in [5.41, 5.74) is 0. The predicted octanol–water partition coefficient (Wildman–Crippen LogP) is 1.59. The maximum Gasteiger partial charge on any atom is 0.238 e. The van der Waals surface area contributed by atoms with Crippen LogP contribution in [-0.2, 0) is 10.0 Å². The second-order valence-corrected chi connectivity index (χ2v) is 5.39. The van der Waals surface area contributed by atoms with Gasteiger partial charge in [0.2, 0.25) is 10.0 Å². The second kappa shape index (κ2) is 3.49. The fourth-order valence-corrected chi connectivity index (χ4v) is 2.64. The van der Waals surface area contributed by atoms with Gasteiger partial charge in [0.25, 0.3) is 0 Å². The highest BCUT2D eigenvalue weighted by molar-refractivity contribution is 14.1. The van der Waals surface area contributed by atoms with Gasteiger partial charge < -0.3 is 0 Å². The molecule has 0 saturated carbocycles. The SMILES string of the molecule is NS(=O)(=O)c1cc(Cl)cc(I)c1. The molecule has 0 fully saturated rings. The minimum atomic E-state index is -3.64. The number of hydrogen-bond donors (Lipinski definition) is 1. The normalized spacial score (nSPS) is 11.6. The van der Waals surface area contributed by atoms with Crippen molar-refractivity contribution < 1.29 is 8.42 Å². The van der Waals surface area contributed by atoms with Crippen LogP contribution in [0, 0.1) is 3.57 Å². The lowest BCUT2D eigenvalue weighted by Gasteiger charge is -1.99. The Hall–Kier alpha value is 0.150. The van der Waals surface area contributed by atoms with Crippen molar-refractivity contribution in [2.75, 3.05) is 0 Å². The molecule has 1 aromatic rings. The molecule has 0 aliphatic carbocycles. The van der Waals surface area contributed by atoms with Gasteiger partial charge in [-0.25, -0.2) is 13.6 Å². The Morgan fingerprint density at radius 3 is 2.33 bits per heavy atom. The third-order valence-corrected chi connectivity index (χ3v) is 2.90. The molecule has 0 aliphatic rings. The highest BCUT2D eigenvalue weighted by Gasteiger charge is 2.08. The second-order valence-electron chi connectivity index (χ2n) is 2.15. The summed E-state index contributed by atoms with van der Waals surface area (Å²) in [6.45, 7) is 0. The quantitative estimate of drug-likeness (QED) is 0.800. The summed E-state index contributed by atoms with van der Waals surface area (Å²) < 4.78 is 22.4. The fourth-order valence-electron chi connectivity index (χ4n) is 0.693. The minimum absolute atomic E-state index is 0.0411. The highest BCUT2D eigenvalue weighted by atomic mass is 127. The number of nitrogens with two attached hydrogens (primary N) is 1. The largest absolute Gasteiger partial charge is 0.238 e. The van der Waals surface area contributed by atoms with E-state index in [4.69, 9.17) is 16.7 Å². The van der Waals surface area contributed by atoms with Crippen LogP contribution in [0.3, 0.4) is 0 Å². The first-order valence-electron chi connectivity index (χ1n) is 2.88. The van der Waals surface area contributed by atoms with Crippen LogP contribution in [0.25, 0.3) is 0 Å². The molecule has 1 aromatic carbocycles. The first-order valence-corrected chi connectivity index (χ1v) is 5.89. The van der Waals surface area contributed by atoms with E-state index in [0.29, 0.717) is 5.02 Å². The molecule has 0 bridgehead atoms. The van der Waals surface area contributed by atoms with Crippen molar-refractivity contribution in [3.05, 3.63) is 26.8 Å². The smallest absolute Gasteiger partial charge is 0.225 e. The van der Waals surface area contributed by atoms with Gasteiger partial charge in [-0.15, -0.1) is 0 Å². The molecule has 0 heterocycles. The third kappa shape index (κ3) is 2.58. The van der Waals surface area contributed by atoms with Gasteiger partial charge >= 0.3 is 0 Å². The Labute approximate surface area is 89.1 Å². The Morgan fingerprint density at radius 1 is 1.33 bits per heavy atom. The topological polar surface area (TPSA) is 60.2 Å². The van der Waals surface area contributed by atoms with Crippen molar-refractivity contribution in [3.8, 4) is 0 Å². The predicted molar refractivity (Wildman–Crippen MR) is 55.5 cm³/mol. The van der Waals surface area contributed by atoms with Gasteiger partial charge in [-0.3, -0.25) is 0 Å². The van der Waals surface area contributed by atoms with Gasteiger partial charge in [0, 0.05) is 8.59 Å². The van der Waals surface area contributed by atoms with Gasteiger partial charge in [0.05, 0.1) is 4.90 Å². The Kier molecular flexibility index (Phi) is 2.97. The lowest BCUT2D eigenvalue weighted by atomic mass is 10.4. The first-order chi connectivity index (χ1) is 5.39. The number of halogens is 2. The van der Waals surface area contributed by atoms with E-state index in [-0.39, 0.29) is 4.90 Å². The maximum atomic E-state index is 10.9. The summed E-state index contributed by atoms with van der Waals surface area (Å²) in [5, 5.41) is 5.27. The molecule has 0 aromatic heterocycles. The summed E-state index contributed by atoms with van der Waals surface area (Å²) in [7, 11) is -3.64. The van der Waals surface area contributed by atoms with E-state index in [0.717, 1.165) is 3.57 Å². The van der Waals surface area contributed by atoms with Crippen molar-refractivity contribution in [1.82, 2.24) is 0 Å². The lowest BCUT2D eigenvalue weighted by molar-refractivity contribution is 0.597. The standard InChI is InChI=1S/C6H5ClINO2S/c7-4-1-5(8)3-6(2-4)12(9,10)11/h1-3H,(H2,9,10,11).